The van der Waals surface area contributed by atoms with Crippen LogP contribution in [0.4, 0.5) is 0 Å². The van der Waals surface area contributed by atoms with Crippen LogP contribution in [0.25, 0.3) is 0 Å². The van der Waals surface area contributed by atoms with Gasteiger partial charge in [0, 0.05) is 6.08 Å². The molecule has 1 saturated heterocycles. The van der Waals surface area contributed by atoms with Gasteiger partial charge in [-0.2, -0.15) is 5.26 Å². The largest absolute Gasteiger partial charge is 0.388 e. The van der Waals surface area contributed by atoms with Crippen molar-refractivity contribution in [1.29, 1.82) is 5.26 Å². The zero-order chi connectivity index (χ0) is 8.27. The third-order valence-electron chi connectivity index (χ3n) is 1.55. The molecule has 60 valence electrons. The van der Waals surface area contributed by atoms with Crippen LogP contribution in [0.15, 0.2) is 12.2 Å². The molecule has 3 atom stereocenters. The minimum absolute atomic E-state index is 0.127. The first kappa shape index (κ1) is 8.21. The molecule has 1 aliphatic rings. The predicted molar refractivity (Wildman–Crippen MR) is 36.5 cm³/mol. The summed E-state index contributed by atoms with van der Waals surface area (Å²) < 4.78 is 4.94. The number of rotatable bonds is 1. The molecule has 4 heteroatoms. The van der Waals surface area contributed by atoms with Crippen LogP contribution in [0.2, 0.25) is 0 Å². The Balaban J connectivity index is 2.50. The predicted octanol–water partition coefficient (Wildman–Crippen LogP) is -0.813. The SMILES string of the molecule is N#C/C=C/[C@H]1OC[C@H](O)[C@H]1O. The van der Waals surface area contributed by atoms with Crippen molar-refractivity contribution < 1.29 is 14.9 Å². The van der Waals surface area contributed by atoms with Gasteiger partial charge < -0.3 is 14.9 Å². The Labute approximate surface area is 64.3 Å². The first-order chi connectivity index (χ1) is 5.25. The number of nitrogens with zero attached hydrogens (tertiary/aromatic N) is 1. The van der Waals surface area contributed by atoms with Gasteiger partial charge >= 0.3 is 0 Å². The lowest BCUT2D eigenvalue weighted by atomic mass is 10.1. The summed E-state index contributed by atoms with van der Waals surface area (Å²) in [5, 5.41) is 26.3. The maximum absolute atomic E-state index is 9.15. The van der Waals surface area contributed by atoms with Gasteiger partial charge in [0.15, 0.2) is 0 Å². The minimum atomic E-state index is -0.903. The van der Waals surface area contributed by atoms with Crippen LogP contribution >= 0.6 is 0 Å². The molecule has 0 radical (unpaired) electrons. The van der Waals surface area contributed by atoms with Crippen LogP contribution < -0.4 is 0 Å². The van der Waals surface area contributed by atoms with Gasteiger partial charge in [-0.15, -0.1) is 0 Å². The van der Waals surface area contributed by atoms with Crippen LogP contribution in [-0.4, -0.2) is 35.1 Å². The second kappa shape index (κ2) is 3.49. The third kappa shape index (κ3) is 1.77. The second-order valence-corrected chi connectivity index (χ2v) is 2.34. The van der Waals surface area contributed by atoms with Crippen LogP contribution in [0.1, 0.15) is 0 Å². The van der Waals surface area contributed by atoms with Crippen LogP contribution in [0, 0.1) is 11.3 Å². The number of aliphatic hydroxyl groups excluding tert-OH is 2. The van der Waals surface area contributed by atoms with E-state index in [9.17, 15) is 0 Å². The minimum Gasteiger partial charge on any atom is -0.388 e. The van der Waals surface area contributed by atoms with Gasteiger partial charge in [-0.1, -0.05) is 0 Å². The second-order valence-electron chi connectivity index (χ2n) is 2.34. The zero-order valence-electron chi connectivity index (χ0n) is 5.84. The van der Waals surface area contributed by atoms with E-state index in [0.29, 0.717) is 0 Å². The standard InChI is InChI=1S/C7H9NO3/c8-3-1-2-6-7(10)5(9)4-11-6/h1-2,5-7,9-10H,4H2/b2-1+/t5-,6+,7+/m0/s1. The Morgan fingerprint density at radius 2 is 2.27 bits per heavy atom. The van der Waals surface area contributed by atoms with E-state index in [1.807, 2.05) is 0 Å². The highest BCUT2D eigenvalue weighted by Crippen LogP contribution is 2.14. The van der Waals surface area contributed by atoms with Gasteiger partial charge in [-0.25, -0.2) is 0 Å². The normalized spacial score (nSPS) is 37.7. The first-order valence-electron chi connectivity index (χ1n) is 3.29. The molecule has 0 aliphatic carbocycles. The van der Waals surface area contributed by atoms with E-state index in [4.69, 9.17) is 20.2 Å². The summed E-state index contributed by atoms with van der Waals surface area (Å²) in [5.74, 6) is 0. The highest BCUT2D eigenvalue weighted by molar-refractivity contribution is 5.08. The zero-order valence-corrected chi connectivity index (χ0v) is 5.84. The molecular formula is C7H9NO3. The number of aliphatic hydroxyl groups is 2. The summed E-state index contributed by atoms with van der Waals surface area (Å²) in [6.45, 7) is 0.127. The van der Waals surface area contributed by atoms with E-state index < -0.39 is 18.3 Å². The average molecular weight is 155 g/mol. The van der Waals surface area contributed by atoms with Crippen molar-refractivity contribution in [2.75, 3.05) is 6.61 Å². The van der Waals surface area contributed by atoms with Gasteiger partial charge in [0.1, 0.15) is 18.3 Å². The smallest absolute Gasteiger partial charge is 0.112 e. The molecule has 0 amide bonds. The van der Waals surface area contributed by atoms with Crippen LogP contribution in [-0.2, 0) is 4.74 Å². The monoisotopic (exact) mass is 155 g/mol. The van der Waals surface area contributed by atoms with Gasteiger partial charge in [-0.05, 0) is 6.08 Å². The van der Waals surface area contributed by atoms with E-state index in [1.54, 1.807) is 6.07 Å². The maximum Gasteiger partial charge on any atom is 0.112 e. The molecule has 0 aromatic rings. The summed E-state index contributed by atoms with van der Waals surface area (Å²) in [6, 6.07) is 1.78. The van der Waals surface area contributed by atoms with E-state index in [2.05, 4.69) is 0 Å². The van der Waals surface area contributed by atoms with E-state index in [1.165, 1.54) is 12.2 Å². The van der Waals surface area contributed by atoms with Gasteiger partial charge in [0.25, 0.3) is 0 Å². The fourth-order valence-electron chi connectivity index (χ4n) is 0.933. The number of ether oxygens (including phenoxy) is 1. The quantitative estimate of drug-likeness (QED) is 0.485. The number of hydrogen-bond donors (Lipinski definition) is 2. The first-order valence-corrected chi connectivity index (χ1v) is 3.29. The van der Waals surface area contributed by atoms with Gasteiger partial charge in [0.2, 0.25) is 0 Å². The Morgan fingerprint density at radius 3 is 2.73 bits per heavy atom. The molecule has 1 rings (SSSR count). The lowest BCUT2D eigenvalue weighted by molar-refractivity contribution is 0.0420. The Hall–Kier alpha value is -0.890. The van der Waals surface area contributed by atoms with Crippen LogP contribution in [0.5, 0.6) is 0 Å². The van der Waals surface area contributed by atoms with E-state index in [0.717, 1.165) is 0 Å². The topological polar surface area (TPSA) is 73.5 Å². The average Bonchev–Trinajstić information content (AvgIpc) is 2.31. The molecule has 2 N–H and O–H groups in total. The lowest BCUT2D eigenvalue weighted by Gasteiger charge is -2.08. The van der Waals surface area contributed by atoms with Crippen LogP contribution in [0.3, 0.4) is 0 Å². The van der Waals surface area contributed by atoms with E-state index >= 15 is 0 Å². The molecule has 0 bridgehead atoms. The highest BCUT2D eigenvalue weighted by atomic mass is 16.5. The Kier molecular flexibility index (Phi) is 2.60. The molecule has 11 heavy (non-hydrogen) atoms. The van der Waals surface area contributed by atoms with Crippen molar-refractivity contribution in [2.24, 2.45) is 0 Å². The van der Waals surface area contributed by atoms with E-state index in [-0.39, 0.29) is 6.61 Å². The summed E-state index contributed by atoms with van der Waals surface area (Å²) in [7, 11) is 0. The molecule has 0 aromatic heterocycles. The van der Waals surface area contributed by atoms with Crippen molar-refractivity contribution in [3.05, 3.63) is 12.2 Å². The molecule has 1 heterocycles. The molecule has 0 saturated carbocycles. The fourth-order valence-corrected chi connectivity index (χ4v) is 0.933. The summed E-state index contributed by atoms with van der Waals surface area (Å²) in [6.07, 6.45) is 0.389. The van der Waals surface area contributed by atoms with Gasteiger partial charge in [0.05, 0.1) is 12.7 Å². The van der Waals surface area contributed by atoms with Crippen molar-refractivity contribution in [3.8, 4) is 6.07 Å². The summed E-state index contributed by atoms with van der Waals surface area (Å²) in [4.78, 5) is 0. The van der Waals surface area contributed by atoms with Crippen molar-refractivity contribution in [2.45, 2.75) is 18.3 Å². The summed E-state index contributed by atoms with van der Waals surface area (Å²) >= 11 is 0. The molecule has 0 unspecified atom stereocenters. The Morgan fingerprint density at radius 1 is 1.55 bits per heavy atom. The highest BCUT2D eigenvalue weighted by Gasteiger charge is 2.32. The number of allylic oxidation sites excluding steroid dienone is 1. The molecule has 1 fully saturated rings. The molecule has 1 aliphatic heterocycles. The number of nitriles is 1. The molecule has 0 aromatic carbocycles. The van der Waals surface area contributed by atoms with Crippen molar-refractivity contribution >= 4 is 0 Å². The number of hydrogen-bond acceptors (Lipinski definition) is 4. The maximum atomic E-state index is 9.15. The Bertz CT molecular complexity index is 196. The van der Waals surface area contributed by atoms with Crippen molar-refractivity contribution in [1.82, 2.24) is 0 Å². The molecule has 4 nitrogen and oxygen atoms in total. The fraction of sp³-hybridized carbons (Fsp3) is 0.571. The molecular weight excluding hydrogens is 146 g/mol. The molecule has 0 spiro atoms. The third-order valence-corrected chi connectivity index (χ3v) is 1.55. The van der Waals surface area contributed by atoms with Gasteiger partial charge in [-0.3, -0.25) is 0 Å². The van der Waals surface area contributed by atoms with Crippen molar-refractivity contribution in [3.63, 3.8) is 0 Å². The lowest BCUT2D eigenvalue weighted by Crippen LogP contribution is -2.28. The summed E-state index contributed by atoms with van der Waals surface area (Å²) in [5.41, 5.74) is 0.